The Balaban J connectivity index is 2.22. The number of aromatic carboxylic acids is 1. The average Bonchev–Trinajstić information content (AvgIpc) is 2.43. The van der Waals surface area contributed by atoms with Gasteiger partial charge >= 0.3 is 5.97 Å². The molecule has 0 spiro atoms. The normalized spacial score (nSPS) is 10.6. The van der Waals surface area contributed by atoms with Gasteiger partial charge in [0.1, 0.15) is 12.1 Å². The van der Waals surface area contributed by atoms with E-state index in [1.165, 1.54) is 18.5 Å². The molecule has 0 atom stereocenters. The van der Waals surface area contributed by atoms with Crippen LogP contribution >= 0.6 is 0 Å². The summed E-state index contributed by atoms with van der Waals surface area (Å²) in [4.78, 5) is 19.1. The number of aliphatic hydroxyl groups is 1. The van der Waals surface area contributed by atoms with Crippen LogP contribution in [0.4, 0.5) is 5.82 Å². The fourth-order valence-corrected chi connectivity index (χ4v) is 1.77. The lowest BCUT2D eigenvalue weighted by Crippen LogP contribution is -2.05. The Morgan fingerprint density at radius 1 is 1.26 bits per heavy atom. The number of nitrogens with one attached hydrogen (secondary N) is 1. The molecule has 100 valence electrons. The van der Waals surface area contributed by atoms with E-state index in [1.54, 1.807) is 6.07 Å². The van der Waals surface area contributed by atoms with Gasteiger partial charge in [-0.2, -0.15) is 0 Å². The van der Waals surface area contributed by atoms with Crippen LogP contribution in [0.3, 0.4) is 0 Å². The molecular weight excluding hydrogens is 246 g/mol. The molecule has 0 saturated heterocycles. The van der Waals surface area contributed by atoms with Gasteiger partial charge < -0.3 is 15.5 Å². The number of carboxylic acid groups (broad SMARTS) is 1. The second-order valence-corrected chi connectivity index (χ2v) is 4.12. The second-order valence-electron chi connectivity index (χ2n) is 4.12. The van der Waals surface area contributed by atoms with Gasteiger partial charge in [-0.3, -0.25) is 0 Å². The molecule has 0 aliphatic heterocycles. The molecule has 0 radical (unpaired) electrons. The van der Waals surface area contributed by atoms with E-state index in [9.17, 15) is 4.79 Å². The highest BCUT2D eigenvalue weighted by molar-refractivity contribution is 5.96. The molecular formula is C13H15N3O3. The van der Waals surface area contributed by atoms with Crippen molar-refractivity contribution in [2.75, 3.05) is 18.5 Å². The number of hydrogen-bond acceptors (Lipinski definition) is 5. The molecule has 0 amide bonds. The number of aromatic nitrogens is 2. The van der Waals surface area contributed by atoms with Crippen molar-refractivity contribution in [1.29, 1.82) is 0 Å². The SMILES string of the molecule is O=C(O)c1ccc2c(NCCCCO)ncnc2c1. The van der Waals surface area contributed by atoms with Gasteiger partial charge in [0.2, 0.25) is 0 Å². The molecule has 2 aromatic rings. The predicted molar refractivity (Wildman–Crippen MR) is 71.3 cm³/mol. The first-order valence-electron chi connectivity index (χ1n) is 6.05. The number of carbonyl (C=O) groups is 1. The van der Waals surface area contributed by atoms with Crippen LogP contribution in [0.15, 0.2) is 24.5 Å². The predicted octanol–water partition coefficient (Wildman–Crippen LogP) is 1.51. The molecule has 1 aromatic heterocycles. The van der Waals surface area contributed by atoms with Crippen LogP contribution in [-0.4, -0.2) is 39.3 Å². The average molecular weight is 261 g/mol. The summed E-state index contributed by atoms with van der Waals surface area (Å²) in [6.45, 7) is 0.877. The molecule has 1 heterocycles. The molecule has 0 unspecified atom stereocenters. The molecule has 0 aliphatic carbocycles. The van der Waals surface area contributed by atoms with Gasteiger partial charge in [-0.1, -0.05) is 0 Å². The van der Waals surface area contributed by atoms with Crippen LogP contribution in [-0.2, 0) is 0 Å². The number of rotatable bonds is 6. The fourth-order valence-electron chi connectivity index (χ4n) is 1.77. The number of unbranched alkanes of at least 4 members (excludes halogenated alkanes) is 1. The molecule has 0 bridgehead atoms. The summed E-state index contributed by atoms with van der Waals surface area (Å²) in [7, 11) is 0. The van der Waals surface area contributed by atoms with E-state index < -0.39 is 5.97 Å². The maximum atomic E-state index is 10.9. The topological polar surface area (TPSA) is 95.3 Å². The monoisotopic (exact) mass is 261 g/mol. The summed E-state index contributed by atoms with van der Waals surface area (Å²) in [5, 5.41) is 21.6. The first-order chi connectivity index (χ1) is 9.22. The van der Waals surface area contributed by atoms with Gasteiger partial charge in [0.15, 0.2) is 0 Å². The van der Waals surface area contributed by atoms with Gasteiger partial charge in [-0.25, -0.2) is 14.8 Å². The molecule has 0 saturated carbocycles. The number of aliphatic hydroxyl groups excluding tert-OH is 1. The third kappa shape index (κ3) is 3.17. The van der Waals surface area contributed by atoms with Crippen molar-refractivity contribution in [1.82, 2.24) is 9.97 Å². The lowest BCUT2D eigenvalue weighted by atomic mass is 10.1. The van der Waals surface area contributed by atoms with E-state index in [1.807, 2.05) is 0 Å². The summed E-state index contributed by atoms with van der Waals surface area (Å²) in [5.41, 5.74) is 0.803. The molecule has 1 aromatic carbocycles. The van der Waals surface area contributed by atoms with Crippen molar-refractivity contribution in [2.24, 2.45) is 0 Å². The first kappa shape index (κ1) is 13.2. The molecule has 0 fully saturated rings. The van der Waals surface area contributed by atoms with Crippen LogP contribution in [0.25, 0.3) is 10.9 Å². The minimum Gasteiger partial charge on any atom is -0.478 e. The molecule has 2 rings (SSSR count). The Kier molecular flexibility index (Phi) is 4.25. The minimum absolute atomic E-state index is 0.175. The Morgan fingerprint density at radius 2 is 2.11 bits per heavy atom. The highest BCUT2D eigenvalue weighted by Gasteiger charge is 2.07. The first-order valence-corrected chi connectivity index (χ1v) is 6.05. The summed E-state index contributed by atoms with van der Waals surface area (Å²) >= 11 is 0. The number of fused-ring (bicyclic) bond motifs is 1. The van der Waals surface area contributed by atoms with Crippen molar-refractivity contribution >= 4 is 22.7 Å². The summed E-state index contributed by atoms with van der Waals surface area (Å²) < 4.78 is 0. The number of nitrogens with zero attached hydrogens (tertiary/aromatic N) is 2. The number of anilines is 1. The number of hydrogen-bond donors (Lipinski definition) is 3. The summed E-state index contributed by atoms with van der Waals surface area (Å²) in [6, 6.07) is 4.76. The van der Waals surface area contributed by atoms with Crippen LogP contribution in [0.1, 0.15) is 23.2 Å². The van der Waals surface area contributed by atoms with Gasteiger partial charge in [0, 0.05) is 18.5 Å². The zero-order chi connectivity index (χ0) is 13.7. The number of benzene rings is 1. The lowest BCUT2D eigenvalue weighted by Gasteiger charge is -2.08. The standard InChI is InChI=1S/C13H15N3O3/c17-6-2-1-5-14-12-10-4-3-9(13(18)19)7-11(10)15-8-16-12/h3-4,7-8,17H,1-2,5-6H2,(H,18,19)(H,14,15,16). The van der Waals surface area contributed by atoms with E-state index in [0.717, 1.165) is 18.2 Å². The van der Waals surface area contributed by atoms with E-state index >= 15 is 0 Å². The summed E-state index contributed by atoms with van der Waals surface area (Å²) in [5.74, 6) is -0.294. The second kappa shape index (κ2) is 6.10. The maximum absolute atomic E-state index is 10.9. The van der Waals surface area contributed by atoms with Gasteiger partial charge in [0.25, 0.3) is 0 Å². The van der Waals surface area contributed by atoms with E-state index in [-0.39, 0.29) is 12.2 Å². The molecule has 19 heavy (non-hydrogen) atoms. The molecule has 6 nitrogen and oxygen atoms in total. The number of carboxylic acids is 1. The lowest BCUT2D eigenvalue weighted by molar-refractivity contribution is 0.0697. The van der Waals surface area contributed by atoms with Crippen LogP contribution < -0.4 is 5.32 Å². The largest absolute Gasteiger partial charge is 0.478 e. The third-order valence-corrected chi connectivity index (χ3v) is 2.76. The van der Waals surface area contributed by atoms with E-state index in [0.29, 0.717) is 17.9 Å². The van der Waals surface area contributed by atoms with Crippen LogP contribution in [0, 0.1) is 0 Å². The fraction of sp³-hybridized carbons (Fsp3) is 0.308. The molecule has 0 aliphatic rings. The van der Waals surface area contributed by atoms with Crippen molar-refractivity contribution in [3.05, 3.63) is 30.1 Å². The zero-order valence-electron chi connectivity index (χ0n) is 10.3. The Labute approximate surface area is 110 Å². The zero-order valence-corrected chi connectivity index (χ0v) is 10.3. The van der Waals surface area contributed by atoms with Crippen molar-refractivity contribution in [3.63, 3.8) is 0 Å². The van der Waals surface area contributed by atoms with Crippen molar-refractivity contribution in [2.45, 2.75) is 12.8 Å². The quantitative estimate of drug-likeness (QED) is 0.682. The smallest absolute Gasteiger partial charge is 0.335 e. The Morgan fingerprint density at radius 3 is 2.84 bits per heavy atom. The minimum atomic E-state index is -0.974. The van der Waals surface area contributed by atoms with Crippen LogP contribution in [0.5, 0.6) is 0 Å². The van der Waals surface area contributed by atoms with E-state index in [4.69, 9.17) is 10.2 Å². The highest BCUT2D eigenvalue weighted by atomic mass is 16.4. The van der Waals surface area contributed by atoms with Crippen molar-refractivity contribution in [3.8, 4) is 0 Å². The van der Waals surface area contributed by atoms with Gasteiger partial charge in [-0.15, -0.1) is 0 Å². The Hall–Kier alpha value is -2.21. The molecule has 3 N–H and O–H groups in total. The highest BCUT2D eigenvalue weighted by Crippen LogP contribution is 2.20. The maximum Gasteiger partial charge on any atom is 0.335 e. The van der Waals surface area contributed by atoms with E-state index in [2.05, 4.69) is 15.3 Å². The third-order valence-electron chi connectivity index (χ3n) is 2.76. The Bertz CT molecular complexity index is 586. The van der Waals surface area contributed by atoms with Crippen LogP contribution in [0.2, 0.25) is 0 Å². The van der Waals surface area contributed by atoms with Gasteiger partial charge in [-0.05, 0) is 31.0 Å². The van der Waals surface area contributed by atoms with Crippen molar-refractivity contribution < 1.29 is 15.0 Å². The summed E-state index contributed by atoms with van der Waals surface area (Å²) in [6.07, 6.45) is 2.98. The van der Waals surface area contributed by atoms with Gasteiger partial charge in [0.05, 0.1) is 11.1 Å². The molecule has 6 heteroatoms.